The van der Waals surface area contributed by atoms with Crippen LogP contribution in [0, 0.1) is 0 Å². The number of carbonyl (C=O) groups is 1. The first kappa shape index (κ1) is 14.9. The third-order valence-electron chi connectivity index (χ3n) is 2.55. The van der Waals surface area contributed by atoms with E-state index in [1.807, 2.05) is 6.92 Å². The fraction of sp³-hybridized carbons (Fsp3) is 0.250. The third kappa shape index (κ3) is 3.13. The Kier molecular flexibility index (Phi) is 4.66. The largest absolute Gasteiger partial charge is 0.478 e. The molecule has 0 aliphatic rings. The third-order valence-corrected chi connectivity index (χ3v) is 4.19. The number of halogens is 1. The molecule has 0 radical (unpaired) electrons. The van der Waals surface area contributed by atoms with E-state index in [0.29, 0.717) is 16.2 Å². The predicted molar refractivity (Wildman–Crippen MR) is 78.4 cm³/mol. The van der Waals surface area contributed by atoms with Gasteiger partial charge in [-0.2, -0.15) is 0 Å². The number of H-pyrrole nitrogens is 1. The number of rotatable bonds is 5. The van der Waals surface area contributed by atoms with Crippen LogP contribution in [0.1, 0.15) is 23.7 Å². The van der Waals surface area contributed by atoms with E-state index < -0.39 is 5.97 Å². The van der Waals surface area contributed by atoms with Crippen LogP contribution in [0.15, 0.2) is 37.5 Å². The molecule has 6 nitrogen and oxygen atoms in total. The molecule has 0 atom stereocenters. The van der Waals surface area contributed by atoms with Gasteiger partial charge >= 0.3 is 11.7 Å². The average molecular weight is 358 g/mol. The lowest BCUT2D eigenvalue weighted by atomic mass is 10.2. The lowest BCUT2D eigenvalue weighted by Crippen LogP contribution is -2.17. The van der Waals surface area contributed by atoms with Gasteiger partial charge in [-0.25, -0.2) is 14.7 Å². The molecule has 106 valence electrons. The Morgan fingerprint density at radius 2 is 2.30 bits per heavy atom. The standard InChI is InChI=1S/C12H12BrN3O3S/c1-2-5-16-11(19)14-15-12(16)20-7-3-4-8(10(17)18)9(13)6-7/h3-4,6H,2,5H2,1H3,(H,14,19)(H,17,18). The van der Waals surface area contributed by atoms with Crippen molar-refractivity contribution in [3.8, 4) is 0 Å². The Hall–Kier alpha value is -1.54. The summed E-state index contributed by atoms with van der Waals surface area (Å²) in [4.78, 5) is 23.3. The molecule has 0 bridgehead atoms. The minimum atomic E-state index is -0.990. The molecular weight excluding hydrogens is 346 g/mol. The number of nitrogens with zero attached hydrogens (tertiary/aromatic N) is 2. The average Bonchev–Trinajstić information content (AvgIpc) is 2.72. The Balaban J connectivity index is 2.29. The highest BCUT2D eigenvalue weighted by Crippen LogP contribution is 2.29. The number of aromatic nitrogens is 3. The number of carboxylic acid groups (broad SMARTS) is 1. The normalized spacial score (nSPS) is 10.7. The first-order valence-corrected chi connectivity index (χ1v) is 7.49. The van der Waals surface area contributed by atoms with Gasteiger partial charge < -0.3 is 5.11 Å². The van der Waals surface area contributed by atoms with Crippen LogP contribution < -0.4 is 5.69 Å². The van der Waals surface area contributed by atoms with E-state index in [9.17, 15) is 9.59 Å². The number of aromatic amines is 1. The zero-order valence-corrected chi connectivity index (χ0v) is 13.0. The molecule has 1 aromatic carbocycles. The Labute approximate surface area is 127 Å². The van der Waals surface area contributed by atoms with Crippen molar-refractivity contribution in [1.29, 1.82) is 0 Å². The maximum absolute atomic E-state index is 11.6. The van der Waals surface area contributed by atoms with E-state index in [1.165, 1.54) is 17.8 Å². The number of benzene rings is 1. The second-order valence-corrected chi connectivity index (χ2v) is 5.91. The van der Waals surface area contributed by atoms with E-state index in [1.54, 1.807) is 16.7 Å². The van der Waals surface area contributed by atoms with Crippen LogP contribution in [0.2, 0.25) is 0 Å². The molecule has 0 saturated carbocycles. The Morgan fingerprint density at radius 1 is 1.55 bits per heavy atom. The van der Waals surface area contributed by atoms with Crippen LogP contribution in [0.4, 0.5) is 0 Å². The smallest absolute Gasteiger partial charge is 0.343 e. The van der Waals surface area contributed by atoms with Crippen LogP contribution in [0.5, 0.6) is 0 Å². The fourth-order valence-electron chi connectivity index (χ4n) is 1.64. The Morgan fingerprint density at radius 3 is 2.90 bits per heavy atom. The van der Waals surface area contributed by atoms with Crippen molar-refractivity contribution in [1.82, 2.24) is 14.8 Å². The molecule has 0 aliphatic heterocycles. The summed E-state index contributed by atoms with van der Waals surface area (Å²) in [5.74, 6) is -0.990. The molecule has 0 saturated heterocycles. The molecule has 20 heavy (non-hydrogen) atoms. The van der Waals surface area contributed by atoms with Crippen molar-refractivity contribution in [3.63, 3.8) is 0 Å². The van der Waals surface area contributed by atoms with Crippen molar-refractivity contribution in [3.05, 3.63) is 38.7 Å². The van der Waals surface area contributed by atoms with Gasteiger partial charge in [-0.3, -0.25) is 4.57 Å². The summed E-state index contributed by atoms with van der Waals surface area (Å²) < 4.78 is 2.05. The summed E-state index contributed by atoms with van der Waals surface area (Å²) in [5.41, 5.74) is -0.0436. The molecule has 1 aromatic heterocycles. The predicted octanol–water partition coefficient (Wildman–Crippen LogP) is 2.59. The van der Waals surface area contributed by atoms with Gasteiger partial charge in [0.05, 0.1) is 5.56 Å². The first-order valence-electron chi connectivity index (χ1n) is 5.88. The van der Waals surface area contributed by atoms with Gasteiger partial charge in [0.2, 0.25) is 0 Å². The van der Waals surface area contributed by atoms with Crippen LogP contribution in [0.3, 0.4) is 0 Å². The molecule has 0 spiro atoms. The minimum absolute atomic E-state index is 0.197. The summed E-state index contributed by atoms with van der Waals surface area (Å²) in [5, 5.41) is 15.9. The molecule has 8 heteroatoms. The number of carboxylic acids is 1. The van der Waals surface area contributed by atoms with Gasteiger partial charge in [0.15, 0.2) is 5.16 Å². The molecule has 0 amide bonds. The molecule has 0 aliphatic carbocycles. The highest BCUT2D eigenvalue weighted by molar-refractivity contribution is 9.10. The van der Waals surface area contributed by atoms with E-state index in [0.717, 1.165) is 11.3 Å². The molecular formula is C12H12BrN3O3S. The summed E-state index contributed by atoms with van der Waals surface area (Å²) in [6.45, 7) is 2.57. The molecule has 1 heterocycles. The SMILES string of the molecule is CCCn1c(Sc2ccc(C(=O)O)c(Br)c2)n[nH]c1=O. The van der Waals surface area contributed by atoms with Gasteiger partial charge in [0.1, 0.15) is 0 Å². The second kappa shape index (κ2) is 6.27. The monoisotopic (exact) mass is 357 g/mol. The van der Waals surface area contributed by atoms with Crippen molar-refractivity contribution in [2.24, 2.45) is 0 Å². The quantitative estimate of drug-likeness (QED) is 0.858. The summed E-state index contributed by atoms with van der Waals surface area (Å²) in [6.07, 6.45) is 0.828. The summed E-state index contributed by atoms with van der Waals surface area (Å²) >= 11 is 4.53. The van der Waals surface area contributed by atoms with Gasteiger partial charge in [0, 0.05) is 15.9 Å². The van der Waals surface area contributed by atoms with Gasteiger partial charge in [-0.05, 0) is 52.3 Å². The van der Waals surface area contributed by atoms with E-state index in [-0.39, 0.29) is 11.3 Å². The Bertz CT molecular complexity index is 695. The van der Waals surface area contributed by atoms with Crippen LogP contribution >= 0.6 is 27.7 Å². The lowest BCUT2D eigenvalue weighted by molar-refractivity contribution is 0.0696. The van der Waals surface area contributed by atoms with Crippen molar-refractivity contribution in [2.45, 2.75) is 29.9 Å². The summed E-state index contributed by atoms with van der Waals surface area (Å²) in [7, 11) is 0. The van der Waals surface area contributed by atoms with Crippen LogP contribution in [-0.2, 0) is 6.54 Å². The molecule has 0 fully saturated rings. The molecule has 0 unspecified atom stereocenters. The van der Waals surface area contributed by atoms with Crippen molar-refractivity contribution >= 4 is 33.7 Å². The number of aromatic carboxylic acids is 1. The summed E-state index contributed by atoms with van der Waals surface area (Å²) in [6, 6.07) is 4.90. The number of hydrogen-bond acceptors (Lipinski definition) is 4. The zero-order chi connectivity index (χ0) is 14.7. The fourth-order valence-corrected chi connectivity index (χ4v) is 3.24. The molecule has 2 aromatic rings. The highest BCUT2D eigenvalue weighted by atomic mass is 79.9. The van der Waals surface area contributed by atoms with Gasteiger partial charge in [-0.1, -0.05) is 6.92 Å². The van der Waals surface area contributed by atoms with E-state index in [4.69, 9.17) is 5.11 Å². The first-order chi connectivity index (χ1) is 9.52. The lowest BCUT2D eigenvalue weighted by Gasteiger charge is -2.05. The van der Waals surface area contributed by atoms with Crippen LogP contribution in [0.25, 0.3) is 0 Å². The van der Waals surface area contributed by atoms with Crippen molar-refractivity contribution in [2.75, 3.05) is 0 Å². The van der Waals surface area contributed by atoms with Crippen molar-refractivity contribution < 1.29 is 9.90 Å². The maximum atomic E-state index is 11.6. The topological polar surface area (TPSA) is 88.0 Å². The van der Waals surface area contributed by atoms with Crippen LogP contribution in [-0.4, -0.2) is 25.8 Å². The highest BCUT2D eigenvalue weighted by Gasteiger charge is 2.12. The van der Waals surface area contributed by atoms with E-state index >= 15 is 0 Å². The van der Waals surface area contributed by atoms with E-state index in [2.05, 4.69) is 26.1 Å². The zero-order valence-electron chi connectivity index (χ0n) is 10.6. The van der Waals surface area contributed by atoms with Gasteiger partial charge in [-0.15, -0.1) is 5.10 Å². The second-order valence-electron chi connectivity index (χ2n) is 4.01. The van der Waals surface area contributed by atoms with Gasteiger partial charge in [0.25, 0.3) is 0 Å². The number of hydrogen-bond donors (Lipinski definition) is 2. The number of nitrogens with one attached hydrogen (secondary N) is 1. The maximum Gasteiger partial charge on any atom is 0.343 e. The minimum Gasteiger partial charge on any atom is -0.478 e. The molecule has 2 N–H and O–H groups in total. The molecule has 2 rings (SSSR count).